The van der Waals surface area contributed by atoms with Gasteiger partial charge in [0.15, 0.2) is 16.9 Å². The van der Waals surface area contributed by atoms with Crippen LogP contribution >= 0.6 is 23.2 Å². The summed E-state index contributed by atoms with van der Waals surface area (Å²) >= 11 is 12.5. The molecule has 0 saturated heterocycles. The third-order valence-corrected chi connectivity index (χ3v) is 6.84. The number of rotatable bonds is 5. The van der Waals surface area contributed by atoms with Crippen LogP contribution in [-0.4, -0.2) is 27.1 Å². The van der Waals surface area contributed by atoms with E-state index in [1.807, 2.05) is 0 Å². The summed E-state index contributed by atoms with van der Waals surface area (Å²) < 4.78 is 53.9. The van der Waals surface area contributed by atoms with Crippen LogP contribution in [0.1, 0.15) is 24.0 Å². The summed E-state index contributed by atoms with van der Waals surface area (Å²) in [4.78, 5) is 22.5. The second-order valence-corrected chi connectivity index (χ2v) is 9.16. The van der Waals surface area contributed by atoms with Crippen LogP contribution in [0.25, 0.3) is 22.2 Å². The van der Waals surface area contributed by atoms with Crippen molar-refractivity contribution < 1.29 is 37.3 Å². The molecular formula is C25H18Cl2F3NO6. The third kappa shape index (κ3) is 4.68. The number of carbonyl (C=O) groups is 1. The summed E-state index contributed by atoms with van der Waals surface area (Å²) in [6.07, 6.45) is -6.65. The molecule has 12 heteroatoms. The van der Waals surface area contributed by atoms with Crippen molar-refractivity contribution in [3.8, 4) is 16.9 Å². The number of fused-ring (bicyclic) bond motifs is 1. The molecule has 2 unspecified atom stereocenters. The lowest BCUT2D eigenvalue weighted by Crippen LogP contribution is -2.46. The summed E-state index contributed by atoms with van der Waals surface area (Å²) in [5.41, 5.74) is -2.68. The van der Waals surface area contributed by atoms with Gasteiger partial charge in [0, 0.05) is 18.0 Å². The molecule has 7 nitrogen and oxygen atoms in total. The SMILES string of the molecule is CC(c1ccc(-c2ccc(OC(=O)O)c(Cl)c2)cc1Cl)C(O)(c1ccc2oc(=O)n(C)c2c1)C(F)(F)F. The first-order valence-electron chi connectivity index (χ1n) is 10.6. The van der Waals surface area contributed by atoms with Crippen LogP contribution in [0.15, 0.2) is 63.8 Å². The fourth-order valence-corrected chi connectivity index (χ4v) is 4.73. The second-order valence-electron chi connectivity index (χ2n) is 8.34. The van der Waals surface area contributed by atoms with E-state index in [1.54, 1.807) is 0 Å². The normalized spacial score (nSPS) is 14.4. The number of hydrogen-bond acceptors (Lipinski definition) is 5. The Morgan fingerprint density at radius 3 is 2.22 bits per heavy atom. The summed E-state index contributed by atoms with van der Waals surface area (Å²) in [6.45, 7) is 1.20. The number of aromatic nitrogens is 1. The number of aryl methyl sites for hydroxylation is 1. The molecule has 1 heterocycles. The molecule has 0 aliphatic rings. The molecule has 0 radical (unpaired) electrons. The number of nitrogens with zero attached hydrogens (tertiary/aromatic N) is 1. The first kappa shape index (κ1) is 26.6. The van der Waals surface area contributed by atoms with Crippen LogP contribution in [0.3, 0.4) is 0 Å². The van der Waals surface area contributed by atoms with E-state index >= 15 is 0 Å². The van der Waals surface area contributed by atoms with Gasteiger partial charge in [-0.2, -0.15) is 13.2 Å². The molecule has 194 valence electrons. The van der Waals surface area contributed by atoms with E-state index in [1.165, 1.54) is 56.4 Å². The molecule has 2 atom stereocenters. The Morgan fingerprint density at radius 2 is 1.65 bits per heavy atom. The number of ether oxygens (including phenoxy) is 1. The highest BCUT2D eigenvalue weighted by Crippen LogP contribution is 2.50. The number of hydrogen-bond donors (Lipinski definition) is 2. The van der Waals surface area contributed by atoms with E-state index < -0.39 is 35.2 Å². The van der Waals surface area contributed by atoms with Gasteiger partial charge in [-0.3, -0.25) is 4.57 Å². The Hall–Kier alpha value is -3.47. The standard InChI is InChI=1S/C25H18Cl2F3NO6/c1-12(24(35,25(28,29)30)15-5-8-21-19(11-15)31(2)22(32)36-21)16-6-3-13(9-17(16)26)14-4-7-20(18(27)10-14)37-23(33)34/h3-12,35H,1-2H3,(H,33,34). The number of benzene rings is 3. The Morgan fingerprint density at radius 1 is 1.03 bits per heavy atom. The number of carboxylic acid groups (broad SMARTS) is 1. The lowest BCUT2D eigenvalue weighted by molar-refractivity contribution is -0.274. The monoisotopic (exact) mass is 555 g/mol. The number of oxazole rings is 1. The topological polar surface area (TPSA) is 102 Å². The lowest BCUT2D eigenvalue weighted by atomic mass is 9.77. The molecule has 2 N–H and O–H groups in total. The molecule has 4 aromatic rings. The summed E-state index contributed by atoms with van der Waals surface area (Å²) in [5, 5.41) is 19.9. The Balaban J connectivity index is 1.76. The van der Waals surface area contributed by atoms with Crippen molar-refractivity contribution >= 4 is 40.5 Å². The van der Waals surface area contributed by atoms with Crippen molar-refractivity contribution in [1.29, 1.82) is 0 Å². The first-order valence-corrected chi connectivity index (χ1v) is 11.4. The van der Waals surface area contributed by atoms with Gasteiger partial charge in [-0.1, -0.05) is 54.4 Å². The molecule has 0 aliphatic heterocycles. The summed E-state index contributed by atoms with van der Waals surface area (Å²) in [5.74, 6) is -2.40. The smallest absolute Gasteiger partial charge is 0.449 e. The van der Waals surface area contributed by atoms with Crippen LogP contribution in [-0.2, 0) is 12.6 Å². The predicted octanol–water partition coefficient (Wildman–Crippen LogP) is 6.72. The maximum absolute atomic E-state index is 14.4. The second kappa shape index (κ2) is 9.44. The third-order valence-electron chi connectivity index (χ3n) is 6.22. The van der Waals surface area contributed by atoms with Gasteiger partial charge in [-0.05, 0) is 52.6 Å². The van der Waals surface area contributed by atoms with Gasteiger partial charge in [0.05, 0.1) is 10.5 Å². The maximum Gasteiger partial charge on any atom is 0.511 e. The highest BCUT2D eigenvalue weighted by atomic mass is 35.5. The van der Waals surface area contributed by atoms with Crippen LogP contribution in [0.2, 0.25) is 10.0 Å². The van der Waals surface area contributed by atoms with Crippen LogP contribution in [0.4, 0.5) is 18.0 Å². The van der Waals surface area contributed by atoms with E-state index in [0.29, 0.717) is 11.1 Å². The fourth-order valence-electron chi connectivity index (χ4n) is 4.16. The zero-order valence-electron chi connectivity index (χ0n) is 19.1. The lowest BCUT2D eigenvalue weighted by Gasteiger charge is -2.37. The minimum atomic E-state index is -5.11. The number of alkyl halides is 3. The average molecular weight is 556 g/mol. The van der Waals surface area contributed by atoms with E-state index in [2.05, 4.69) is 4.74 Å². The molecule has 0 amide bonds. The van der Waals surface area contributed by atoms with Gasteiger partial charge in [-0.25, -0.2) is 9.59 Å². The molecule has 1 aromatic heterocycles. The van der Waals surface area contributed by atoms with Gasteiger partial charge < -0.3 is 19.4 Å². The zero-order valence-corrected chi connectivity index (χ0v) is 20.6. The van der Waals surface area contributed by atoms with Gasteiger partial charge in [0.25, 0.3) is 0 Å². The summed E-state index contributed by atoms with van der Waals surface area (Å²) in [7, 11) is 1.34. The minimum Gasteiger partial charge on any atom is -0.449 e. The average Bonchev–Trinajstić information content (AvgIpc) is 3.11. The van der Waals surface area contributed by atoms with Crippen LogP contribution in [0, 0.1) is 0 Å². The van der Waals surface area contributed by atoms with Crippen molar-refractivity contribution in [1.82, 2.24) is 4.57 Å². The highest BCUT2D eigenvalue weighted by Gasteiger charge is 2.59. The predicted molar refractivity (Wildman–Crippen MR) is 130 cm³/mol. The molecular weight excluding hydrogens is 538 g/mol. The van der Waals surface area contributed by atoms with E-state index in [0.717, 1.165) is 16.7 Å². The zero-order chi connectivity index (χ0) is 27.3. The van der Waals surface area contributed by atoms with Crippen molar-refractivity contribution in [3.05, 3.63) is 86.3 Å². The molecule has 0 aliphatic carbocycles. The van der Waals surface area contributed by atoms with Gasteiger partial charge >= 0.3 is 18.1 Å². The fraction of sp³-hybridized carbons (Fsp3) is 0.200. The van der Waals surface area contributed by atoms with Gasteiger partial charge in [0.2, 0.25) is 0 Å². The molecule has 0 spiro atoms. The van der Waals surface area contributed by atoms with Crippen molar-refractivity contribution in [2.24, 2.45) is 7.05 Å². The maximum atomic E-state index is 14.4. The molecule has 0 fully saturated rings. The summed E-state index contributed by atoms with van der Waals surface area (Å²) in [6, 6.07) is 11.9. The largest absolute Gasteiger partial charge is 0.511 e. The Kier molecular flexibility index (Phi) is 6.78. The van der Waals surface area contributed by atoms with E-state index in [4.69, 9.17) is 32.7 Å². The Labute approximate surface area is 217 Å². The van der Waals surface area contributed by atoms with Crippen molar-refractivity contribution in [2.75, 3.05) is 0 Å². The highest BCUT2D eigenvalue weighted by molar-refractivity contribution is 6.32. The number of aliphatic hydroxyl groups is 1. The Bertz CT molecular complexity index is 1580. The first-order chi connectivity index (χ1) is 17.2. The molecule has 4 rings (SSSR count). The molecule has 37 heavy (non-hydrogen) atoms. The minimum absolute atomic E-state index is 0.00366. The molecule has 3 aromatic carbocycles. The van der Waals surface area contributed by atoms with Crippen molar-refractivity contribution in [3.63, 3.8) is 0 Å². The quantitative estimate of drug-likeness (QED) is 0.209. The van der Waals surface area contributed by atoms with E-state index in [-0.39, 0.29) is 32.5 Å². The molecule has 0 saturated carbocycles. The number of halogens is 5. The molecule has 0 bridgehead atoms. The van der Waals surface area contributed by atoms with Gasteiger partial charge in [0.1, 0.15) is 0 Å². The van der Waals surface area contributed by atoms with Crippen LogP contribution < -0.4 is 10.5 Å². The van der Waals surface area contributed by atoms with E-state index in [9.17, 15) is 27.9 Å². The van der Waals surface area contributed by atoms with Crippen molar-refractivity contribution in [2.45, 2.75) is 24.6 Å². The van der Waals surface area contributed by atoms with Crippen LogP contribution in [0.5, 0.6) is 5.75 Å². The van der Waals surface area contributed by atoms with Gasteiger partial charge in [-0.15, -0.1) is 0 Å².